The maximum atomic E-state index is 14.7. The van der Waals surface area contributed by atoms with Gasteiger partial charge in [0.1, 0.15) is 95.0 Å². The van der Waals surface area contributed by atoms with Crippen LogP contribution in [0.2, 0.25) is 0 Å². The van der Waals surface area contributed by atoms with E-state index in [0.29, 0.717) is 133 Å². The first-order chi connectivity index (χ1) is 58.9. The smallest absolute Gasteiger partial charge is 0.387 e. The highest BCUT2D eigenvalue weighted by Gasteiger charge is 2.28. The van der Waals surface area contributed by atoms with E-state index in [0.717, 1.165) is 66.1 Å². The van der Waals surface area contributed by atoms with Gasteiger partial charge in [-0.25, -0.2) is 95.2 Å². The Bertz CT molecular complexity index is 6180. The standard InChI is InChI=1S/C20H23FN6O2.C19H22FN5O2.C16H18FN5O.C15H16FN5O.C13H10F3N5O/c1-12(2)20(28)24-15-5-4-13(10-14(15)21)17-16-18(26(3)25-17)22-11-23-19(16)27-6-8-29-9-7-27;1-12(2)27-15-5-4-13(10-14(15)20)17-16-18(24(3)23-17)21-11-22-19(16)25-6-8-26-9-7-25;1-9(2)23-12-6-5-10(7-11(12)17)14-13-15(18-3)19-8-20-16(13)22(4)21-14;1-8(2)22-11-5-4-9(6-10(11)16)13-12-14(17)18-7-19-15(12)21(3)20-13;1-21-12-9(11(17)18-5-19-12)10(20-21)6-2-3-8(7(14)4-6)22-13(15)16/h4-5,10-12H,6-9H2,1-3H3,(H,24,28);4-5,10-12H,6-9H2,1-3H3;5-9H,1-4H3,(H,18,19,20);4-8H,1-3H3,(H2,17,18,19);2-5,13H,1H3,(H2,17,18,19). The van der Waals surface area contributed by atoms with E-state index in [-0.39, 0.29) is 58.9 Å². The van der Waals surface area contributed by atoms with Crippen molar-refractivity contribution < 1.29 is 63.9 Å². The summed E-state index contributed by atoms with van der Waals surface area (Å²) in [4.78, 5) is 58.4. The number of amides is 1. The Balaban J connectivity index is 0.000000133. The lowest BCUT2D eigenvalue weighted by Crippen LogP contribution is -2.36. The van der Waals surface area contributed by atoms with Crippen LogP contribution in [0.3, 0.4) is 0 Å². The molecule has 2 aliphatic heterocycles. The lowest BCUT2D eigenvalue weighted by atomic mass is 10.1. The van der Waals surface area contributed by atoms with Crippen LogP contribution in [0.1, 0.15) is 55.4 Å². The van der Waals surface area contributed by atoms with Gasteiger partial charge in [0.05, 0.1) is 77.4 Å². The van der Waals surface area contributed by atoms with E-state index in [1.54, 1.807) is 117 Å². The van der Waals surface area contributed by atoms with Gasteiger partial charge >= 0.3 is 6.61 Å². The van der Waals surface area contributed by atoms with Gasteiger partial charge in [-0.05, 0) is 126 Å². The highest BCUT2D eigenvalue weighted by atomic mass is 19.3. The zero-order chi connectivity index (χ0) is 87.8. The number of fused-ring (bicyclic) bond motifs is 5. The summed E-state index contributed by atoms with van der Waals surface area (Å²) in [5, 5.41) is 31.3. The lowest BCUT2D eigenvalue weighted by molar-refractivity contribution is -0.118. The Morgan fingerprint density at radius 1 is 0.390 bits per heavy atom. The number of nitrogens with two attached hydrogens (primary N) is 2. The molecule has 12 heterocycles. The number of ether oxygens (including phenoxy) is 6. The predicted octanol–water partition coefficient (Wildman–Crippen LogP) is 13.3. The number of aromatic nitrogens is 20. The first-order valence-corrected chi connectivity index (χ1v) is 38.9. The number of nitrogen functional groups attached to an aromatic ring is 2. The molecule has 0 atom stereocenters. The monoisotopic (exact) mass is 1690 g/mol. The van der Waals surface area contributed by atoms with Crippen LogP contribution in [0.25, 0.3) is 111 Å². The topological polar surface area (TPSA) is 373 Å². The number of hydrogen-bond donors (Lipinski definition) is 4. The summed E-state index contributed by atoms with van der Waals surface area (Å²) in [5.74, 6) is -0.314. The van der Waals surface area contributed by atoms with Crippen LogP contribution in [0, 0.1) is 35.0 Å². The molecule has 0 saturated carbocycles. The third-order valence-corrected chi connectivity index (χ3v) is 19.1. The van der Waals surface area contributed by atoms with Crippen LogP contribution >= 0.6 is 0 Å². The molecule has 0 radical (unpaired) electrons. The van der Waals surface area contributed by atoms with Crippen molar-refractivity contribution in [1.82, 2.24) is 98.7 Å². The number of rotatable bonds is 18. The Kier molecular flexibility index (Phi) is 26.6. The van der Waals surface area contributed by atoms with Crippen molar-refractivity contribution in [2.75, 3.05) is 91.6 Å². The zero-order valence-corrected chi connectivity index (χ0v) is 69.6. The molecule has 10 aromatic heterocycles. The molecule has 33 nitrogen and oxygen atoms in total. The van der Waals surface area contributed by atoms with Crippen molar-refractivity contribution in [3.05, 3.63) is 152 Å². The highest BCUT2D eigenvalue weighted by molar-refractivity contribution is 6.03. The second kappa shape index (κ2) is 37.7. The van der Waals surface area contributed by atoms with Crippen LogP contribution in [0.5, 0.6) is 23.0 Å². The van der Waals surface area contributed by atoms with E-state index in [9.17, 15) is 35.5 Å². The third-order valence-electron chi connectivity index (χ3n) is 19.1. The van der Waals surface area contributed by atoms with E-state index in [1.165, 1.54) is 60.3 Å². The molecule has 0 unspecified atom stereocenters. The molecular formula is C83H89F7N26O7. The Labute approximate surface area is 699 Å². The Morgan fingerprint density at radius 2 is 0.683 bits per heavy atom. The molecular weight excluding hydrogens is 1610 g/mol. The van der Waals surface area contributed by atoms with Crippen molar-refractivity contribution in [2.45, 2.75) is 80.3 Å². The molecule has 1 amide bonds. The van der Waals surface area contributed by atoms with Gasteiger partial charge in [0.2, 0.25) is 5.91 Å². The molecule has 17 rings (SSSR count). The Morgan fingerprint density at radius 3 is 1.00 bits per heavy atom. The molecule has 5 aromatic carbocycles. The fraction of sp³-hybridized carbons (Fsp3) is 0.325. The average molecular weight is 1700 g/mol. The van der Waals surface area contributed by atoms with Crippen LogP contribution < -0.4 is 50.8 Å². The number of alkyl halides is 2. The van der Waals surface area contributed by atoms with Crippen LogP contribution in [-0.4, -0.2) is 189 Å². The van der Waals surface area contributed by atoms with Gasteiger partial charge in [0.25, 0.3) is 0 Å². The number of carbonyl (C=O) groups excluding carboxylic acids is 1. The van der Waals surface area contributed by atoms with Crippen LogP contribution in [0.4, 0.5) is 65.5 Å². The number of benzene rings is 5. The molecule has 642 valence electrons. The average Bonchev–Trinajstić information content (AvgIpc) is 1.63. The van der Waals surface area contributed by atoms with Gasteiger partial charge in [-0.1, -0.05) is 19.9 Å². The second-order valence-corrected chi connectivity index (χ2v) is 29.2. The fourth-order valence-corrected chi connectivity index (χ4v) is 13.6. The van der Waals surface area contributed by atoms with Gasteiger partial charge in [-0.15, -0.1) is 0 Å². The predicted molar refractivity (Wildman–Crippen MR) is 450 cm³/mol. The number of hydrogen-bond acceptors (Lipinski definition) is 27. The molecule has 2 saturated heterocycles. The molecule has 2 aliphatic rings. The normalized spacial score (nSPS) is 12.9. The highest BCUT2D eigenvalue weighted by Crippen LogP contribution is 2.40. The third kappa shape index (κ3) is 19.2. The summed E-state index contributed by atoms with van der Waals surface area (Å²) in [6.45, 7) is 17.0. The summed E-state index contributed by atoms with van der Waals surface area (Å²) in [5.41, 5.74) is 20.7. The summed E-state index contributed by atoms with van der Waals surface area (Å²) in [6.07, 6.45) is 6.92. The van der Waals surface area contributed by atoms with E-state index >= 15 is 0 Å². The van der Waals surface area contributed by atoms with Gasteiger partial charge in [-0.2, -0.15) is 34.3 Å². The first-order valence-electron chi connectivity index (χ1n) is 38.9. The van der Waals surface area contributed by atoms with Crippen LogP contribution in [0.15, 0.2) is 123 Å². The quantitative estimate of drug-likeness (QED) is 0.0580. The number of nitrogens with one attached hydrogen (secondary N) is 2. The Hall–Kier alpha value is -14.1. The maximum Gasteiger partial charge on any atom is 0.387 e. The SMILES string of the molecule is CC(C)C(=O)Nc1ccc(-c2nn(C)c3ncnc(N4CCOCC4)c23)cc1F.CC(C)Oc1ccc(-c2nn(C)c3ncnc(N)c23)cc1F.CC(C)Oc1ccc(-c2nn(C)c3ncnc(N4CCOCC4)c23)cc1F.CNc1ncnc2c1c(-c1ccc(OC(C)C)c(F)c1)nn2C.Cn1nc(-c2ccc(OC(F)F)c(F)c2)c2c(N)ncnc21. The van der Waals surface area contributed by atoms with Gasteiger partial charge in [0.15, 0.2) is 74.5 Å². The number of carbonyl (C=O) groups is 1. The minimum Gasteiger partial charge on any atom is -0.488 e. The molecule has 123 heavy (non-hydrogen) atoms. The molecule has 0 aliphatic carbocycles. The maximum absolute atomic E-state index is 14.7. The minimum atomic E-state index is -3.10. The van der Waals surface area contributed by atoms with Gasteiger partial charge < -0.3 is 60.3 Å². The van der Waals surface area contributed by atoms with Crippen molar-refractivity contribution in [1.29, 1.82) is 0 Å². The summed E-state index contributed by atoms with van der Waals surface area (Å²) >= 11 is 0. The summed E-state index contributed by atoms with van der Waals surface area (Å²) < 4.78 is 135. The zero-order valence-electron chi connectivity index (χ0n) is 69.6. The molecule has 0 spiro atoms. The second-order valence-electron chi connectivity index (χ2n) is 29.2. The van der Waals surface area contributed by atoms with Crippen molar-refractivity contribution in [3.63, 3.8) is 0 Å². The number of anilines is 6. The first kappa shape index (κ1) is 86.8. The van der Waals surface area contributed by atoms with E-state index in [2.05, 4.69) is 101 Å². The molecule has 2 fully saturated rings. The molecule has 15 aromatic rings. The number of morpholine rings is 2. The summed E-state index contributed by atoms with van der Waals surface area (Å²) in [7, 11) is 10.6. The van der Waals surface area contributed by atoms with Crippen molar-refractivity contribution in [2.24, 2.45) is 41.2 Å². The molecule has 6 N–H and O–H groups in total. The number of aryl methyl sites for hydroxylation is 5. The van der Waals surface area contributed by atoms with E-state index < -0.39 is 41.4 Å². The molecule has 0 bridgehead atoms. The van der Waals surface area contributed by atoms with Gasteiger partial charge in [-0.3, -0.25) is 4.79 Å². The number of halogens is 7. The van der Waals surface area contributed by atoms with Gasteiger partial charge in [0, 0.05) is 102 Å². The fourth-order valence-electron chi connectivity index (χ4n) is 13.6. The van der Waals surface area contributed by atoms with Crippen molar-refractivity contribution in [3.8, 4) is 79.3 Å². The summed E-state index contributed by atoms with van der Waals surface area (Å²) in [6, 6.07) is 22.7. The van der Waals surface area contributed by atoms with Crippen molar-refractivity contribution >= 4 is 95.9 Å². The lowest BCUT2D eigenvalue weighted by Gasteiger charge is -2.28. The largest absolute Gasteiger partial charge is 0.488 e. The number of nitrogens with zero attached hydrogens (tertiary/aromatic N) is 22. The van der Waals surface area contributed by atoms with Crippen LogP contribution in [-0.2, 0) is 49.5 Å². The van der Waals surface area contributed by atoms with E-state index in [1.807, 2.05) is 54.7 Å². The molecule has 40 heteroatoms. The van der Waals surface area contributed by atoms with E-state index in [4.69, 9.17) is 35.2 Å². The minimum absolute atomic E-state index is 0.0877.